The highest BCUT2D eigenvalue weighted by Gasteiger charge is 2.24. The molecule has 1 heterocycles. The molecule has 0 saturated carbocycles. The summed E-state index contributed by atoms with van der Waals surface area (Å²) in [5, 5.41) is 0. The van der Waals surface area contributed by atoms with Crippen LogP contribution in [0.5, 0.6) is 0 Å². The van der Waals surface area contributed by atoms with Crippen LogP contribution in [0.25, 0.3) is 0 Å². The van der Waals surface area contributed by atoms with Crippen LogP contribution in [0.1, 0.15) is 48.5 Å². The maximum Gasteiger partial charge on any atom is 0.360 e. The molecule has 98 valence electrons. The Morgan fingerprint density at radius 3 is 2.94 bits per heavy atom. The van der Waals surface area contributed by atoms with Gasteiger partial charge in [0.25, 0.3) is 0 Å². The van der Waals surface area contributed by atoms with E-state index in [1.807, 2.05) is 11.5 Å². The second-order valence-corrected chi connectivity index (χ2v) is 4.42. The zero-order chi connectivity index (χ0) is 13.1. The summed E-state index contributed by atoms with van der Waals surface area (Å²) in [4.78, 5) is 15.9. The Bertz CT molecular complexity index is 477. The molecule has 0 saturated heterocycles. The minimum Gasteiger partial charge on any atom is -0.464 e. The van der Waals surface area contributed by atoms with Crippen LogP contribution in [-0.2, 0) is 11.2 Å². The standard InChI is InChI=1S/C13H19N3O2/c1-3-10-15-11(13(17)18-2)12(14)16(10)9-7-5-4-6-8-9/h4-5,9H,3,6-8,14H2,1-2H3. The van der Waals surface area contributed by atoms with Crippen LogP contribution < -0.4 is 5.73 Å². The minimum atomic E-state index is -0.465. The molecule has 1 aliphatic rings. The molecule has 5 nitrogen and oxygen atoms in total. The van der Waals surface area contributed by atoms with Gasteiger partial charge in [0.15, 0.2) is 5.69 Å². The van der Waals surface area contributed by atoms with Crippen molar-refractivity contribution in [1.29, 1.82) is 0 Å². The Kier molecular flexibility index (Phi) is 3.69. The Morgan fingerprint density at radius 1 is 1.61 bits per heavy atom. The molecule has 1 aromatic heterocycles. The average molecular weight is 249 g/mol. The van der Waals surface area contributed by atoms with Crippen LogP contribution in [0.3, 0.4) is 0 Å². The van der Waals surface area contributed by atoms with E-state index in [9.17, 15) is 4.79 Å². The van der Waals surface area contributed by atoms with Gasteiger partial charge in [-0.05, 0) is 19.3 Å². The van der Waals surface area contributed by atoms with Crippen molar-refractivity contribution in [2.45, 2.75) is 38.6 Å². The molecule has 1 unspecified atom stereocenters. The van der Waals surface area contributed by atoms with Gasteiger partial charge < -0.3 is 15.0 Å². The van der Waals surface area contributed by atoms with Gasteiger partial charge in [0.1, 0.15) is 11.6 Å². The number of hydrogen-bond donors (Lipinski definition) is 1. The number of nitrogen functional groups attached to an aromatic ring is 1. The fourth-order valence-corrected chi connectivity index (χ4v) is 2.41. The third kappa shape index (κ3) is 2.12. The number of ether oxygens (including phenoxy) is 1. The molecule has 0 amide bonds. The number of carbonyl (C=O) groups excluding carboxylic acids is 1. The van der Waals surface area contributed by atoms with Crippen molar-refractivity contribution in [2.75, 3.05) is 12.8 Å². The molecule has 0 fully saturated rings. The van der Waals surface area contributed by atoms with Crippen molar-refractivity contribution in [3.8, 4) is 0 Å². The van der Waals surface area contributed by atoms with Crippen molar-refractivity contribution in [1.82, 2.24) is 9.55 Å². The summed E-state index contributed by atoms with van der Waals surface area (Å²) in [5.74, 6) is 0.819. The fourth-order valence-electron chi connectivity index (χ4n) is 2.41. The fraction of sp³-hybridized carbons (Fsp3) is 0.538. The number of aryl methyl sites for hydroxylation is 1. The van der Waals surface area contributed by atoms with Gasteiger partial charge in [-0.3, -0.25) is 0 Å². The van der Waals surface area contributed by atoms with Gasteiger partial charge in [-0.15, -0.1) is 0 Å². The first kappa shape index (κ1) is 12.7. The number of allylic oxidation sites excluding steroid dienone is 2. The first-order valence-corrected chi connectivity index (χ1v) is 6.28. The van der Waals surface area contributed by atoms with Crippen molar-refractivity contribution < 1.29 is 9.53 Å². The van der Waals surface area contributed by atoms with E-state index in [0.717, 1.165) is 31.5 Å². The summed E-state index contributed by atoms with van der Waals surface area (Å²) in [6, 6.07) is 0.302. The number of carbonyl (C=O) groups is 1. The van der Waals surface area contributed by atoms with Crippen LogP contribution in [0.2, 0.25) is 0 Å². The lowest BCUT2D eigenvalue weighted by atomic mass is 10.0. The Balaban J connectivity index is 2.41. The van der Waals surface area contributed by atoms with Crippen LogP contribution in [0.15, 0.2) is 12.2 Å². The molecule has 1 aliphatic carbocycles. The lowest BCUT2D eigenvalue weighted by Crippen LogP contribution is -2.16. The highest BCUT2D eigenvalue weighted by atomic mass is 16.5. The number of hydrogen-bond acceptors (Lipinski definition) is 4. The smallest absolute Gasteiger partial charge is 0.360 e. The molecule has 0 radical (unpaired) electrons. The van der Waals surface area contributed by atoms with Gasteiger partial charge in [0.2, 0.25) is 0 Å². The van der Waals surface area contributed by atoms with Crippen molar-refractivity contribution in [2.24, 2.45) is 0 Å². The highest BCUT2D eigenvalue weighted by Crippen LogP contribution is 2.30. The van der Waals surface area contributed by atoms with Crippen molar-refractivity contribution in [3.05, 3.63) is 23.7 Å². The normalized spacial score (nSPS) is 18.9. The van der Waals surface area contributed by atoms with Crippen molar-refractivity contribution in [3.63, 3.8) is 0 Å². The topological polar surface area (TPSA) is 70.1 Å². The van der Waals surface area contributed by atoms with Gasteiger partial charge in [-0.1, -0.05) is 19.1 Å². The first-order valence-electron chi connectivity index (χ1n) is 6.28. The molecule has 5 heteroatoms. The van der Waals surface area contributed by atoms with E-state index < -0.39 is 5.97 Å². The second-order valence-electron chi connectivity index (χ2n) is 4.42. The van der Waals surface area contributed by atoms with E-state index in [1.165, 1.54) is 7.11 Å². The molecule has 0 bridgehead atoms. The van der Waals surface area contributed by atoms with Crippen LogP contribution in [0, 0.1) is 0 Å². The lowest BCUT2D eigenvalue weighted by Gasteiger charge is -2.22. The zero-order valence-electron chi connectivity index (χ0n) is 10.8. The predicted octanol–water partition coefficient (Wildman–Crippen LogP) is 2.10. The van der Waals surface area contributed by atoms with Crippen LogP contribution in [0.4, 0.5) is 5.82 Å². The minimum absolute atomic E-state index is 0.240. The van der Waals surface area contributed by atoms with Gasteiger partial charge in [-0.2, -0.15) is 0 Å². The third-order valence-electron chi connectivity index (χ3n) is 3.32. The highest BCUT2D eigenvalue weighted by molar-refractivity contribution is 5.92. The molecular weight excluding hydrogens is 230 g/mol. The number of anilines is 1. The molecule has 0 spiro atoms. The Hall–Kier alpha value is -1.78. The number of rotatable bonds is 3. The van der Waals surface area contributed by atoms with E-state index >= 15 is 0 Å². The SMILES string of the molecule is CCc1nc(C(=O)OC)c(N)n1C1CC=CCC1. The molecule has 1 aromatic rings. The molecule has 1 atom stereocenters. The first-order chi connectivity index (χ1) is 8.69. The van der Waals surface area contributed by atoms with Crippen LogP contribution in [-0.4, -0.2) is 22.6 Å². The monoisotopic (exact) mass is 249 g/mol. The predicted molar refractivity (Wildman–Crippen MR) is 69.4 cm³/mol. The lowest BCUT2D eigenvalue weighted by molar-refractivity contribution is 0.0595. The zero-order valence-corrected chi connectivity index (χ0v) is 10.8. The van der Waals surface area contributed by atoms with E-state index in [0.29, 0.717) is 11.9 Å². The van der Waals surface area contributed by atoms with E-state index in [-0.39, 0.29) is 5.69 Å². The number of nitrogens with zero attached hydrogens (tertiary/aromatic N) is 2. The van der Waals surface area contributed by atoms with E-state index in [1.54, 1.807) is 0 Å². The largest absolute Gasteiger partial charge is 0.464 e. The number of nitrogens with two attached hydrogens (primary N) is 1. The molecular formula is C13H19N3O2. The second kappa shape index (κ2) is 5.25. The molecule has 2 N–H and O–H groups in total. The van der Waals surface area contributed by atoms with E-state index in [2.05, 4.69) is 17.1 Å². The van der Waals surface area contributed by atoms with E-state index in [4.69, 9.17) is 10.5 Å². The molecule has 2 rings (SSSR count). The van der Waals surface area contributed by atoms with Gasteiger partial charge >= 0.3 is 5.97 Å². The van der Waals surface area contributed by atoms with Gasteiger partial charge in [0.05, 0.1) is 7.11 Å². The summed E-state index contributed by atoms with van der Waals surface area (Å²) < 4.78 is 6.70. The summed E-state index contributed by atoms with van der Waals surface area (Å²) in [7, 11) is 1.34. The van der Waals surface area contributed by atoms with Gasteiger partial charge in [-0.25, -0.2) is 9.78 Å². The Labute approximate surface area is 107 Å². The molecule has 18 heavy (non-hydrogen) atoms. The summed E-state index contributed by atoms with van der Waals surface area (Å²) in [6.07, 6.45) is 8.10. The molecule has 0 aliphatic heterocycles. The van der Waals surface area contributed by atoms with Crippen molar-refractivity contribution >= 4 is 11.8 Å². The number of methoxy groups -OCH3 is 1. The summed E-state index contributed by atoms with van der Waals surface area (Å²) >= 11 is 0. The quantitative estimate of drug-likeness (QED) is 0.657. The maximum absolute atomic E-state index is 11.6. The summed E-state index contributed by atoms with van der Waals surface area (Å²) in [6.45, 7) is 2.01. The number of imidazole rings is 1. The summed E-state index contributed by atoms with van der Waals surface area (Å²) in [5.41, 5.74) is 6.30. The number of aromatic nitrogens is 2. The molecule has 0 aromatic carbocycles. The van der Waals surface area contributed by atoms with Gasteiger partial charge in [0, 0.05) is 12.5 Å². The van der Waals surface area contributed by atoms with Crippen LogP contribution >= 0.6 is 0 Å². The third-order valence-corrected chi connectivity index (χ3v) is 3.32. The average Bonchev–Trinajstić information content (AvgIpc) is 2.75. The number of esters is 1. The Morgan fingerprint density at radius 2 is 2.39 bits per heavy atom. The maximum atomic E-state index is 11.6.